The Hall–Kier alpha value is -4.06. The van der Waals surface area contributed by atoms with Gasteiger partial charge in [-0.25, -0.2) is 19.3 Å². The van der Waals surface area contributed by atoms with Gasteiger partial charge in [0.05, 0.1) is 23.4 Å². The number of fused-ring (bicyclic) bond motifs is 1. The summed E-state index contributed by atoms with van der Waals surface area (Å²) in [4.78, 5) is 24.6. The Balaban J connectivity index is 1.53. The molecule has 0 saturated heterocycles. The van der Waals surface area contributed by atoms with E-state index < -0.39 is 22.8 Å². The SMILES string of the molecule is COc1nc2c(N)ncnc2n1-c1ccc(NC(=O)Nc2ccc(Cl)c(C(F)(F)F)c2)cc1. The van der Waals surface area contributed by atoms with Gasteiger partial charge in [-0.1, -0.05) is 11.6 Å². The van der Waals surface area contributed by atoms with Crippen LogP contribution >= 0.6 is 11.6 Å². The van der Waals surface area contributed by atoms with Gasteiger partial charge in [0, 0.05) is 11.4 Å². The molecular formula is C20H15ClF3N7O2. The summed E-state index contributed by atoms with van der Waals surface area (Å²) in [7, 11) is 1.45. The third kappa shape index (κ3) is 4.46. The molecule has 0 spiro atoms. The minimum absolute atomic E-state index is 0.0623. The Bertz CT molecular complexity index is 1340. The molecule has 0 unspecified atom stereocenters. The Labute approximate surface area is 189 Å². The van der Waals surface area contributed by atoms with Crippen LogP contribution in [-0.2, 0) is 6.18 Å². The second kappa shape index (κ2) is 8.47. The van der Waals surface area contributed by atoms with Crippen molar-refractivity contribution in [1.29, 1.82) is 0 Å². The molecule has 170 valence electrons. The van der Waals surface area contributed by atoms with Gasteiger partial charge in [-0.05, 0) is 42.5 Å². The molecule has 33 heavy (non-hydrogen) atoms. The average molecular weight is 478 g/mol. The Morgan fingerprint density at radius 2 is 1.76 bits per heavy atom. The number of nitrogens with zero attached hydrogens (tertiary/aromatic N) is 4. The molecule has 0 bridgehead atoms. The number of imidazole rings is 1. The maximum absolute atomic E-state index is 13.0. The molecule has 13 heteroatoms. The third-order valence-electron chi connectivity index (χ3n) is 4.54. The Kier molecular flexibility index (Phi) is 5.68. The molecule has 0 fully saturated rings. The van der Waals surface area contributed by atoms with Crippen LogP contribution in [0.25, 0.3) is 16.9 Å². The quantitative estimate of drug-likeness (QED) is 0.391. The summed E-state index contributed by atoms with van der Waals surface area (Å²) in [5.41, 5.74) is 6.55. The van der Waals surface area contributed by atoms with E-state index in [0.29, 0.717) is 22.5 Å². The van der Waals surface area contributed by atoms with Crippen molar-refractivity contribution in [2.24, 2.45) is 0 Å². The van der Waals surface area contributed by atoms with Crippen LogP contribution in [0.3, 0.4) is 0 Å². The van der Waals surface area contributed by atoms with Crippen molar-refractivity contribution in [1.82, 2.24) is 19.5 Å². The van der Waals surface area contributed by atoms with Crippen LogP contribution in [0.5, 0.6) is 6.01 Å². The molecule has 0 saturated carbocycles. The topological polar surface area (TPSA) is 120 Å². The summed E-state index contributed by atoms with van der Waals surface area (Å²) in [6.45, 7) is 0. The van der Waals surface area contributed by atoms with E-state index in [9.17, 15) is 18.0 Å². The number of halogens is 4. The maximum atomic E-state index is 13.0. The molecule has 0 atom stereocenters. The van der Waals surface area contributed by atoms with Crippen molar-refractivity contribution in [2.75, 3.05) is 23.5 Å². The summed E-state index contributed by atoms with van der Waals surface area (Å²) in [5.74, 6) is 0.197. The van der Waals surface area contributed by atoms with Crippen molar-refractivity contribution >= 4 is 46.0 Å². The fourth-order valence-corrected chi connectivity index (χ4v) is 3.29. The first-order valence-electron chi connectivity index (χ1n) is 9.25. The van der Waals surface area contributed by atoms with Gasteiger partial charge in [-0.2, -0.15) is 18.2 Å². The normalized spacial score (nSPS) is 11.4. The Morgan fingerprint density at radius 3 is 2.42 bits per heavy atom. The highest BCUT2D eigenvalue weighted by molar-refractivity contribution is 6.31. The number of methoxy groups -OCH3 is 1. The molecule has 2 amide bonds. The van der Waals surface area contributed by atoms with E-state index in [0.717, 1.165) is 12.1 Å². The molecule has 4 rings (SSSR count). The van der Waals surface area contributed by atoms with E-state index in [4.69, 9.17) is 22.1 Å². The molecular weight excluding hydrogens is 463 g/mol. The summed E-state index contributed by atoms with van der Waals surface area (Å²) in [6.07, 6.45) is -3.34. The van der Waals surface area contributed by atoms with Crippen LogP contribution in [0.4, 0.5) is 35.2 Å². The number of hydrogen-bond donors (Lipinski definition) is 3. The highest BCUT2D eigenvalue weighted by Crippen LogP contribution is 2.36. The lowest BCUT2D eigenvalue weighted by molar-refractivity contribution is -0.137. The number of benzene rings is 2. The maximum Gasteiger partial charge on any atom is 0.417 e. The number of nitrogen functional groups attached to an aromatic ring is 1. The van der Waals surface area contributed by atoms with Gasteiger partial charge >= 0.3 is 18.2 Å². The predicted octanol–water partition coefficient (Wildman–Crippen LogP) is 4.72. The van der Waals surface area contributed by atoms with Crippen molar-refractivity contribution in [3.8, 4) is 11.7 Å². The fraction of sp³-hybridized carbons (Fsp3) is 0.100. The van der Waals surface area contributed by atoms with Crippen molar-refractivity contribution in [2.45, 2.75) is 6.18 Å². The molecule has 4 N–H and O–H groups in total. The van der Waals surface area contributed by atoms with E-state index in [1.165, 1.54) is 19.5 Å². The minimum Gasteiger partial charge on any atom is -0.468 e. The van der Waals surface area contributed by atoms with Crippen molar-refractivity contribution < 1.29 is 22.7 Å². The summed E-state index contributed by atoms with van der Waals surface area (Å²) >= 11 is 5.59. The second-order valence-electron chi connectivity index (χ2n) is 6.68. The summed E-state index contributed by atoms with van der Waals surface area (Å²) < 4.78 is 45.9. The first-order valence-corrected chi connectivity index (χ1v) is 9.63. The number of hydrogen-bond acceptors (Lipinski definition) is 6. The summed E-state index contributed by atoms with van der Waals surface area (Å²) in [6, 6.07) is 9.11. The van der Waals surface area contributed by atoms with Crippen LogP contribution in [0.1, 0.15) is 5.56 Å². The number of nitrogens with two attached hydrogens (primary N) is 1. The van der Waals surface area contributed by atoms with E-state index >= 15 is 0 Å². The van der Waals surface area contributed by atoms with Gasteiger partial charge in [0.15, 0.2) is 17.0 Å². The lowest BCUT2D eigenvalue weighted by Crippen LogP contribution is -2.20. The molecule has 2 aromatic heterocycles. The largest absolute Gasteiger partial charge is 0.468 e. The molecule has 0 aliphatic carbocycles. The lowest BCUT2D eigenvalue weighted by atomic mass is 10.2. The zero-order valence-electron chi connectivity index (χ0n) is 16.8. The monoisotopic (exact) mass is 477 g/mol. The number of rotatable bonds is 4. The molecule has 0 aliphatic heterocycles. The number of carbonyl (C=O) groups is 1. The smallest absolute Gasteiger partial charge is 0.417 e. The highest BCUT2D eigenvalue weighted by atomic mass is 35.5. The van der Waals surface area contributed by atoms with Gasteiger partial charge < -0.3 is 21.1 Å². The number of urea groups is 1. The Morgan fingerprint density at radius 1 is 1.09 bits per heavy atom. The summed E-state index contributed by atoms with van der Waals surface area (Å²) in [5, 5.41) is 4.43. The standard InChI is InChI=1S/C20H15ClF3N7O2/c1-33-19-30-15-16(25)26-9-27-17(15)31(19)12-5-2-10(3-6-12)28-18(32)29-11-4-7-14(21)13(8-11)20(22,23)24/h2-9H,1H3,(H2,25,26,27)(H2,28,29,32). The number of anilines is 3. The lowest BCUT2D eigenvalue weighted by Gasteiger charge is -2.13. The third-order valence-corrected chi connectivity index (χ3v) is 4.87. The van der Waals surface area contributed by atoms with Gasteiger partial charge in [0.25, 0.3) is 0 Å². The fourth-order valence-electron chi connectivity index (χ4n) is 3.07. The van der Waals surface area contributed by atoms with Crippen molar-refractivity contribution in [3.63, 3.8) is 0 Å². The number of aromatic nitrogens is 4. The number of carbonyl (C=O) groups excluding carboxylic acids is 1. The van der Waals surface area contributed by atoms with Crippen LogP contribution in [0.15, 0.2) is 48.8 Å². The zero-order chi connectivity index (χ0) is 23.8. The van der Waals surface area contributed by atoms with Gasteiger partial charge in [-0.15, -0.1) is 0 Å². The van der Waals surface area contributed by atoms with E-state index in [-0.39, 0.29) is 17.5 Å². The number of ether oxygens (including phenoxy) is 1. The number of amides is 2. The highest BCUT2D eigenvalue weighted by Gasteiger charge is 2.33. The number of nitrogens with one attached hydrogen (secondary N) is 2. The zero-order valence-corrected chi connectivity index (χ0v) is 17.6. The molecule has 0 radical (unpaired) electrons. The van der Waals surface area contributed by atoms with Gasteiger partial charge in [0.2, 0.25) is 0 Å². The second-order valence-corrected chi connectivity index (χ2v) is 7.09. The van der Waals surface area contributed by atoms with Gasteiger partial charge in [0.1, 0.15) is 6.33 Å². The first kappa shape index (κ1) is 22.1. The van der Waals surface area contributed by atoms with Crippen LogP contribution < -0.4 is 21.1 Å². The van der Waals surface area contributed by atoms with E-state index in [1.54, 1.807) is 28.8 Å². The predicted molar refractivity (Wildman–Crippen MR) is 117 cm³/mol. The van der Waals surface area contributed by atoms with Crippen LogP contribution in [0.2, 0.25) is 5.02 Å². The molecule has 9 nitrogen and oxygen atoms in total. The number of alkyl halides is 3. The van der Waals surface area contributed by atoms with E-state index in [2.05, 4.69) is 25.6 Å². The first-order chi connectivity index (χ1) is 15.7. The molecule has 2 heterocycles. The van der Waals surface area contributed by atoms with Gasteiger partial charge in [-0.3, -0.25) is 0 Å². The molecule has 0 aliphatic rings. The van der Waals surface area contributed by atoms with Crippen molar-refractivity contribution in [3.05, 3.63) is 59.4 Å². The molecule has 2 aromatic carbocycles. The van der Waals surface area contributed by atoms with Crippen LogP contribution in [0, 0.1) is 0 Å². The van der Waals surface area contributed by atoms with Crippen LogP contribution in [-0.4, -0.2) is 32.7 Å². The van der Waals surface area contributed by atoms with E-state index in [1.807, 2.05) is 0 Å². The average Bonchev–Trinajstić information content (AvgIpc) is 3.15. The molecule has 4 aromatic rings. The minimum atomic E-state index is -4.64.